The van der Waals surface area contributed by atoms with Gasteiger partial charge in [0.25, 0.3) is 0 Å². The summed E-state index contributed by atoms with van der Waals surface area (Å²) in [7, 11) is 0. The number of hydrogen-bond acceptors (Lipinski definition) is 3. The van der Waals surface area contributed by atoms with Crippen LogP contribution in [-0.4, -0.2) is 5.84 Å². The van der Waals surface area contributed by atoms with Crippen molar-refractivity contribution in [1.29, 1.82) is 0 Å². The number of nitrogens with two attached hydrogens (primary N) is 2. The lowest BCUT2D eigenvalue weighted by Gasteiger charge is -2.01. The predicted octanol–water partition coefficient (Wildman–Crippen LogP) is 0.364. The SMILES string of the molecule is NCc1ccc2c(c1)CN=C2N. The lowest BCUT2D eigenvalue weighted by molar-refractivity contribution is 1.04. The van der Waals surface area contributed by atoms with E-state index in [4.69, 9.17) is 11.5 Å². The minimum atomic E-state index is 0.577. The largest absolute Gasteiger partial charge is 0.383 e. The molecule has 3 nitrogen and oxygen atoms in total. The topological polar surface area (TPSA) is 64.4 Å². The molecule has 1 aromatic rings. The van der Waals surface area contributed by atoms with Crippen molar-refractivity contribution in [3.8, 4) is 0 Å². The average Bonchev–Trinajstić information content (AvgIpc) is 2.47. The molecule has 4 N–H and O–H groups in total. The van der Waals surface area contributed by atoms with Crippen molar-refractivity contribution >= 4 is 5.84 Å². The molecule has 3 heteroatoms. The van der Waals surface area contributed by atoms with Crippen molar-refractivity contribution in [2.75, 3.05) is 0 Å². The summed E-state index contributed by atoms with van der Waals surface area (Å²) in [5.74, 6) is 0.647. The third kappa shape index (κ3) is 0.987. The molecule has 0 amide bonds. The molecule has 1 aliphatic heterocycles. The first kappa shape index (κ1) is 7.31. The van der Waals surface area contributed by atoms with Crippen LogP contribution in [0.15, 0.2) is 23.2 Å². The zero-order valence-electron chi connectivity index (χ0n) is 6.75. The van der Waals surface area contributed by atoms with Crippen molar-refractivity contribution in [3.63, 3.8) is 0 Å². The van der Waals surface area contributed by atoms with E-state index in [-0.39, 0.29) is 0 Å². The van der Waals surface area contributed by atoms with Gasteiger partial charge in [0.2, 0.25) is 0 Å². The Bertz CT molecular complexity index is 342. The Labute approximate surface area is 71.1 Å². The van der Waals surface area contributed by atoms with Gasteiger partial charge in [-0.25, -0.2) is 0 Å². The molecular weight excluding hydrogens is 150 g/mol. The Balaban J connectivity index is 2.46. The van der Waals surface area contributed by atoms with Gasteiger partial charge in [0, 0.05) is 12.1 Å². The minimum absolute atomic E-state index is 0.577. The number of nitrogens with zero attached hydrogens (tertiary/aromatic N) is 1. The standard InChI is InChI=1S/C9H11N3/c10-4-6-1-2-8-7(3-6)5-12-9(8)11/h1-3H,4-5,10H2,(H2,11,12). The molecule has 0 atom stereocenters. The summed E-state index contributed by atoms with van der Waals surface area (Å²) in [5, 5.41) is 0. The van der Waals surface area contributed by atoms with E-state index in [2.05, 4.69) is 11.1 Å². The van der Waals surface area contributed by atoms with Crippen LogP contribution in [0.5, 0.6) is 0 Å². The number of benzene rings is 1. The maximum absolute atomic E-state index is 5.66. The zero-order chi connectivity index (χ0) is 8.55. The summed E-state index contributed by atoms with van der Waals surface area (Å²) >= 11 is 0. The lowest BCUT2D eigenvalue weighted by atomic mass is 10.1. The van der Waals surface area contributed by atoms with Crippen molar-refractivity contribution < 1.29 is 0 Å². The summed E-state index contributed by atoms with van der Waals surface area (Å²) in [6, 6.07) is 6.05. The van der Waals surface area contributed by atoms with Gasteiger partial charge in [-0.2, -0.15) is 0 Å². The third-order valence-corrected chi connectivity index (χ3v) is 2.10. The van der Waals surface area contributed by atoms with E-state index in [1.165, 1.54) is 5.56 Å². The second-order valence-corrected chi connectivity index (χ2v) is 2.90. The minimum Gasteiger partial charge on any atom is -0.383 e. The molecule has 0 radical (unpaired) electrons. The van der Waals surface area contributed by atoms with Crippen molar-refractivity contribution in [2.24, 2.45) is 16.5 Å². The highest BCUT2D eigenvalue weighted by Crippen LogP contribution is 2.18. The summed E-state index contributed by atoms with van der Waals surface area (Å²) < 4.78 is 0. The van der Waals surface area contributed by atoms with Crippen LogP contribution in [0.3, 0.4) is 0 Å². The number of fused-ring (bicyclic) bond motifs is 1. The van der Waals surface area contributed by atoms with Crippen LogP contribution in [0.25, 0.3) is 0 Å². The third-order valence-electron chi connectivity index (χ3n) is 2.10. The highest BCUT2D eigenvalue weighted by molar-refractivity contribution is 6.00. The van der Waals surface area contributed by atoms with Gasteiger partial charge in [-0.1, -0.05) is 18.2 Å². The van der Waals surface area contributed by atoms with Gasteiger partial charge in [-0.15, -0.1) is 0 Å². The number of rotatable bonds is 1. The van der Waals surface area contributed by atoms with Crippen LogP contribution in [0.4, 0.5) is 0 Å². The predicted molar refractivity (Wildman–Crippen MR) is 48.8 cm³/mol. The molecular formula is C9H11N3. The van der Waals surface area contributed by atoms with Crippen molar-refractivity contribution in [2.45, 2.75) is 13.1 Å². The molecule has 0 unspecified atom stereocenters. The number of amidine groups is 1. The molecule has 12 heavy (non-hydrogen) atoms. The first-order chi connectivity index (χ1) is 5.81. The van der Waals surface area contributed by atoms with E-state index in [0.29, 0.717) is 18.9 Å². The fourth-order valence-corrected chi connectivity index (χ4v) is 1.41. The van der Waals surface area contributed by atoms with Crippen LogP contribution in [0, 0.1) is 0 Å². The fraction of sp³-hybridized carbons (Fsp3) is 0.222. The van der Waals surface area contributed by atoms with E-state index in [9.17, 15) is 0 Å². The van der Waals surface area contributed by atoms with Crippen molar-refractivity contribution in [1.82, 2.24) is 0 Å². The van der Waals surface area contributed by atoms with Gasteiger partial charge < -0.3 is 11.5 Å². The van der Waals surface area contributed by atoms with Crippen LogP contribution in [-0.2, 0) is 13.1 Å². The van der Waals surface area contributed by atoms with Gasteiger partial charge in [-0.05, 0) is 11.1 Å². The number of aliphatic imine (C=N–C) groups is 1. The van der Waals surface area contributed by atoms with Crippen LogP contribution in [0.2, 0.25) is 0 Å². The number of hydrogen-bond donors (Lipinski definition) is 2. The van der Waals surface area contributed by atoms with Crippen molar-refractivity contribution in [3.05, 3.63) is 34.9 Å². The molecule has 62 valence electrons. The molecule has 1 aliphatic rings. The molecule has 2 rings (SSSR count). The summed E-state index contributed by atoms with van der Waals surface area (Å²) in [5.41, 5.74) is 14.6. The summed E-state index contributed by atoms with van der Waals surface area (Å²) in [6.45, 7) is 1.28. The maximum atomic E-state index is 5.66. The fourth-order valence-electron chi connectivity index (χ4n) is 1.41. The normalized spacial score (nSPS) is 14.2. The maximum Gasteiger partial charge on any atom is 0.126 e. The van der Waals surface area contributed by atoms with E-state index in [1.54, 1.807) is 0 Å². The van der Waals surface area contributed by atoms with Gasteiger partial charge >= 0.3 is 0 Å². The smallest absolute Gasteiger partial charge is 0.126 e. The molecule has 0 fully saturated rings. The quantitative estimate of drug-likeness (QED) is 0.624. The van der Waals surface area contributed by atoms with Gasteiger partial charge in [-0.3, -0.25) is 4.99 Å². The molecule has 0 saturated carbocycles. The molecule has 0 saturated heterocycles. The van der Waals surface area contributed by atoms with E-state index in [1.807, 2.05) is 12.1 Å². The molecule has 0 bridgehead atoms. The van der Waals surface area contributed by atoms with E-state index >= 15 is 0 Å². The summed E-state index contributed by atoms with van der Waals surface area (Å²) in [4.78, 5) is 4.13. The molecule has 0 spiro atoms. The van der Waals surface area contributed by atoms with Gasteiger partial charge in [0.1, 0.15) is 5.84 Å². The highest BCUT2D eigenvalue weighted by Gasteiger charge is 2.12. The highest BCUT2D eigenvalue weighted by atomic mass is 14.9. The van der Waals surface area contributed by atoms with E-state index in [0.717, 1.165) is 11.1 Å². The summed E-state index contributed by atoms with van der Waals surface area (Å²) in [6.07, 6.45) is 0. The molecule has 1 aromatic carbocycles. The first-order valence-electron chi connectivity index (χ1n) is 3.93. The monoisotopic (exact) mass is 161 g/mol. The average molecular weight is 161 g/mol. The second-order valence-electron chi connectivity index (χ2n) is 2.90. The molecule has 0 aliphatic carbocycles. The Morgan fingerprint density at radius 2 is 2.25 bits per heavy atom. The zero-order valence-corrected chi connectivity index (χ0v) is 6.75. The van der Waals surface area contributed by atoms with E-state index < -0.39 is 0 Å². The van der Waals surface area contributed by atoms with Crippen LogP contribution in [0.1, 0.15) is 16.7 Å². The van der Waals surface area contributed by atoms with Gasteiger partial charge in [0.15, 0.2) is 0 Å². The first-order valence-corrected chi connectivity index (χ1v) is 3.93. The van der Waals surface area contributed by atoms with Crippen LogP contribution >= 0.6 is 0 Å². The Hall–Kier alpha value is -1.35. The Morgan fingerprint density at radius 3 is 3.00 bits per heavy atom. The second kappa shape index (κ2) is 2.60. The molecule has 0 aromatic heterocycles. The van der Waals surface area contributed by atoms with Gasteiger partial charge in [0.05, 0.1) is 6.54 Å². The Kier molecular flexibility index (Phi) is 1.59. The van der Waals surface area contributed by atoms with Crippen LogP contribution < -0.4 is 11.5 Å². The lowest BCUT2D eigenvalue weighted by Crippen LogP contribution is -2.10. The Morgan fingerprint density at radius 1 is 1.42 bits per heavy atom. The molecule has 1 heterocycles.